The Bertz CT molecular complexity index is 638. The summed E-state index contributed by atoms with van der Waals surface area (Å²) in [5.74, 6) is 1.06. The van der Waals surface area contributed by atoms with Crippen LogP contribution in [0, 0.1) is 5.92 Å². The zero-order valence-corrected chi connectivity index (χ0v) is 16.7. The van der Waals surface area contributed by atoms with E-state index < -0.39 is 0 Å². The van der Waals surface area contributed by atoms with Crippen molar-refractivity contribution in [3.63, 3.8) is 0 Å². The van der Waals surface area contributed by atoms with E-state index in [1.54, 1.807) is 6.26 Å². The number of nitrogens with zero attached hydrogens (tertiary/aromatic N) is 3. The first-order valence-electron chi connectivity index (χ1n) is 10.0. The highest BCUT2D eigenvalue weighted by Gasteiger charge is 2.44. The Balaban J connectivity index is 1.51. The summed E-state index contributed by atoms with van der Waals surface area (Å²) in [5.41, 5.74) is 0.0568. The summed E-state index contributed by atoms with van der Waals surface area (Å²) in [6.07, 6.45) is 3.66. The highest BCUT2D eigenvalue weighted by atomic mass is 16.3. The maximum Gasteiger partial charge on any atom is 0.317 e. The second-order valence-electron chi connectivity index (χ2n) is 7.95. The van der Waals surface area contributed by atoms with Crippen LogP contribution in [-0.4, -0.2) is 71.4 Å². The Hall–Kier alpha value is -2.02. The zero-order chi connectivity index (χ0) is 19.4. The molecule has 2 aliphatic heterocycles. The third kappa shape index (κ3) is 4.29. The second-order valence-corrected chi connectivity index (χ2v) is 7.95. The molecule has 1 aromatic rings. The van der Waals surface area contributed by atoms with Crippen LogP contribution in [0.1, 0.15) is 39.4 Å². The summed E-state index contributed by atoms with van der Waals surface area (Å²) < 4.78 is 5.26. The Morgan fingerprint density at radius 2 is 1.93 bits per heavy atom. The highest BCUT2D eigenvalue weighted by Crippen LogP contribution is 2.33. The van der Waals surface area contributed by atoms with E-state index in [1.165, 1.54) is 0 Å². The average molecular weight is 377 g/mol. The molecule has 0 unspecified atom stereocenters. The fraction of sp³-hybridized carbons (Fsp3) is 0.700. The first-order chi connectivity index (χ1) is 12.9. The standard InChI is InChI=1S/C20H32N4O3/c1-4-20(7-8-23(15-20)18(25)16(2)3)24-11-9-22(10-12-24)19(26)21-14-17-6-5-13-27-17/h5-6,13,16H,4,7-12,14-15H2,1-3H3,(H,21,26)/t20-/m0/s1. The van der Waals surface area contributed by atoms with E-state index in [0.29, 0.717) is 19.6 Å². The lowest BCUT2D eigenvalue weighted by atomic mass is 9.92. The van der Waals surface area contributed by atoms with Crippen LogP contribution in [-0.2, 0) is 11.3 Å². The maximum absolute atomic E-state index is 12.4. The predicted molar refractivity (Wildman–Crippen MR) is 103 cm³/mol. The van der Waals surface area contributed by atoms with Crippen molar-refractivity contribution in [3.05, 3.63) is 24.2 Å². The largest absolute Gasteiger partial charge is 0.467 e. The predicted octanol–water partition coefficient (Wildman–Crippen LogP) is 2.14. The fourth-order valence-corrected chi connectivity index (χ4v) is 4.25. The van der Waals surface area contributed by atoms with Crippen molar-refractivity contribution in [2.45, 2.75) is 45.7 Å². The van der Waals surface area contributed by atoms with Gasteiger partial charge in [0, 0.05) is 50.7 Å². The van der Waals surface area contributed by atoms with Crippen molar-refractivity contribution >= 4 is 11.9 Å². The van der Waals surface area contributed by atoms with E-state index in [1.807, 2.05) is 35.8 Å². The third-order valence-electron chi connectivity index (χ3n) is 6.03. The van der Waals surface area contributed by atoms with Gasteiger partial charge in [0.05, 0.1) is 12.8 Å². The molecule has 0 spiro atoms. The van der Waals surface area contributed by atoms with Crippen molar-refractivity contribution in [1.29, 1.82) is 0 Å². The van der Waals surface area contributed by atoms with Crippen molar-refractivity contribution in [2.24, 2.45) is 5.92 Å². The minimum absolute atomic E-state index is 0.0420. The summed E-state index contributed by atoms with van der Waals surface area (Å²) in [5, 5.41) is 2.92. The van der Waals surface area contributed by atoms with Gasteiger partial charge >= 0.3 is 6.03 Å². The molecule has 0 aliphatic carbocycles. The molecular weight excluding hydrogens is 344 g/mol. The smallest absolute Gasteiger partial charge is 0.317 e. The molecule has 7 heteroatoms. The molecule has 7 nitrogen and oxygen atoms in total. The van der Waals surface area contributed by atoms with Gasteiger partial charge in [0.1, 0.15) is 5.76 Å². The molecule has 0 saturated carbocycles. The van der Waals surface area contributed by atoms with Crippen LogP contribution in [0.15, 0.2) is 22.8 Å². The summed E-state index contributed by atoms with van der Waals surface area (Å²) >= 11 is 0. The summed E-state index contributed by atoms with van der Waals surface area (Å²) in [6, 6.07) is 3.63. The third-order valence-corrected chi connectivity index (χ3v) is 6.03. The molecule has 3 heterocycles. The molecule has 0 aromatic carbocycles. The number of carbonyl (C=O) groups is 2. The van der Waals surface area contributed by atoms with Crippen LogP contribution in [0.4, 0.5) is 4.79 Å². The number of amides is 3. The number of rotatable bonds is 5. The second kappa shape index (κ2) is 8.33. The molecule has 27 heavy (non-hydrogen) atoms. The van der Waals surface area contributed by atoms with E-state index >= 15 is 0 Å². The van der Waals surface area contributed by atoms with Gasteiger partial charge in [0.15, 0.2) is 0 Å². The van der Waals surface area contributed by atoms with Gasteiger partial charge in [0.25, 0.3) is 0 Å². The number of likely N-dealkylation sites (tertiary alicyclic amines) is 1. The van der Waals surface area contributed by atoms with E-state index in [4.69, 9.17) is 4.42 Å². The molecule has 1 aromatic heterocycles. The molecule has 150 valence electrons. The Labute approximate surface area is 161 Å². The monoisotopic (exact) mass is 376 g/mol. The summed E-state index contributed by atoms with van der Waals surface area (Å²) in [4.78, 5) is 31.2. The highest BCUT2D eigenvalue weighted by molar-refractivity contribution is 5.78. The number of furan rings is 1. The first-order valence-corrected chi connectivity index (χ1v) is 10.0. The van der Waals surface area contributed by atoms with Crippen molar-refractivity contribution in [1.82, 2.24) is 20.0 Å². The molecule has 0 bridgehead atoms. The summed E-state index contributed by atoms with van der Waals surface area (Å²) in [6.45, 7) is 11.3. The topological polar surface area (TPSA) is 69.0 Å². The van der Waals surface area contributed by atoms with Crippen molar-refractivity contribution < 1.29 is 14.0 Å². The van der Waals surface area contributed by atoms with Gasteiger partial charge in [-0.2, -0.15) is 0 Å². The van der Waals surface area contributed by atoms with E-state index in [-0.39, 0.29) is 23.4 Å². The van der Waals surface area contributed by atoms with Gasteiger partial charge in [-0.25, -0.2) is 4.79 Å². The van der Waals surface area contributed by atoms with Crippen LogP contribution in [0.2, 0.25) is 0 Å². The lowest BCUT2D eigenvalue weighted by Crippen LogP contribution is -2.60. The van der Waals surface area contributed by atoms with Crippen LogP contribution >= 0.6 is 0 Å². The number of carbonyl (C=O) groups excluding carboxylic acids is 2. The van der Waals surface area contributed by atoms with Crippen LogP contribution in [0.5, 0.6) is 0 Å². The van der Waals surface area contributed by atoms with Crippen LogP contribution < -0.4 is 5.32 Å². The van der Waals surface area contributed by atoms with E-state index in [2.05, 4.69) is 17.1 Å². The molecule has 2 aliphatic rings. The quantitative estimate of drug-likeness (QED) is 0.855. The molecule has 1 N–H and O–H groups in total. The maximum atomic E-state index is 12.4. The SMILES string of the molecule is CC[C@]1(N2CCN(C(=O)NCc3ccco3)CC2)CCN(C(=O)C(C)C)C1. The van der Waals surface area contributed by atoms with Gasteiger partial charge < -0.3 is 19.5 Å². The number of hydrogen-bond acceptors (Lipinski definition) is 4. The molecule has 3 amide bonds. The van der Waals surface area contributed by atoms with Gasteiger partial charge in [0.2, 0.25) is 5.91 Å². The number of nitrogens with one attached hydrogen (secondary N) is 1. The number of hydrogen-bond donors (Lipinski definition) is 1. The lowest BCUT2D eigenvalue weighted by Gasteiger charge is -2.45. The molecule has 2 saturated heterocycles. The van der Waals surface area contributed by atoms with Crippen LogP contribution in [0.3, 0.4) is 0 Å². The molecular formula is C20H32N4O3. The fourth-order valence-electron chi connectivity index (χ4n) is 4.25. The first kappa shape index (κ1) is 19.7. The molecule has 0 radical (unpaired) electrons. The molecule has 1 atom stereocenters. The summed E-state index contributed by atoms with van der Waals surface area (Å²) in [7, 11) is 0. The molecule has 3 rings (SSSR count). The minimum Gasteiger partial charge on any atom is -0.467 e. The van der Waals surface area contributed by atoms with Gasteiger partial charge in [-0.05, 0) is 25.0 Å². The van der Waals surface area contributed by atoms with Gasteiger partial charge in [-0.15, -0.1) is 0 Å². The zero-order valence-electron chi connectivity index (χ0n) is 16.7. The Kier molecular flexibility index (Phi) is 6.09. The van der Waals surface area contributed by atoms with Crippen LogP contribution in [0.25, 0.3) is 0 Å². The Morgan fingerprint density at radius 3 is 2.52 bits per heavy atom. The van der Waals surface area contributed by atoms with Crippen molar-refractivity contribution in [3.8, 4) is 0 Å². The number of urea groups is 1. The molecule has 2 fully saturated rings. The van der Waals surface area contributed by atoms with Gasteiger partial charge in [-0.1, -0.05) is 20.8 Å². The minimum atomic E-state index is -0.0420. The van der Waals surface area contributed by atoms with Crippen molar-refractivity contribution in [2.75, 3.05) is 39.3 Å². The normalized spacial score (nSPS) is 23.9. The van der Waals surface area contributed by atoms with E-state index in [0.717, 1.165) is 44.8 Å². The number of piperazine rings is 1. The Morgan fingerprint density at radius 1 is 1.19 bits per heavy atom. The average Bonchev–Trinajstić information content (AvgIpc) is 3.36. The lowest BCUT2D eigenvalue weighted by molar-refractivity contribution is -0.134. The van der Waals surface area contributed by atoms with Gasteiger partial charge in [-0.3, -0.25) is 9.69 Å². The van der Waals surface area contributed by atoms with E-state index in [9.17, 15) is 9.59 Å².